The minimum Gasteiger partial charge on any atom is -0.456 e. The van der Waals surface area contributed by atoms with Gasteiger partial charge >= 0.3 is 0 Å². The van der Waals surface area contributed by atoms with Crippen molar-refractivity contribution < 1.29 is 4.42 Å². The van der Waals surface area contributed by atoms with Crippen LogP contribution in [0.5, 0.6) is 0 Å². The van der Waals surface area contributed by atoms with E-state index >= 15 is 0 Å². The normalized spacial score (nSPS) is 11.9. The molecule has 0 N–H and O–H groups in total. The highest BCUT2D eigenvalue weighted by Crippen LogP contribution is 2.42. The molecule has 9 aromatic carbocycles. The lowest BCUT2D eigenvalue weighted by Gasteiger charge is -2.14. The zero-order valence-electron chi connectivity index (χ0n) is 30.1. The number of furan rings is 1. The Morgan fingerprint density at radius 1 is 0.393 bits per heavy atom. The van der Waals surface area contributed by atoms with Gasteiger partial charge in [-0.05, 0) is 93.3 Å². The van der Waals surface area contributed by atoms with Gasteiger partial charge in [-0.15, -0.1) is 0 Å². The highest BCUT2D eigenvalue weighted by molar-refractivity contribution is 6.17. The Balaban J connectivity index is 1.07. The van der Waals surface area contributed by atoms with E-state index < -0.39 is 0 Å². The molecule has 0 bridgehead atoms. The van der Waals surface area contributed by atoms with Crippen LogP contribution < -0.4 is 0 Å². The summed E-state index contributed by atoms with van der Waals surface area (Å²) < 4.78 is 8.89. The number of aromatic nitrogens is 3. The van der Waals surface area contributed by atoms with E-state index in [1.807, 2.05) is 12.1 Å². The third kappa shape index (κ3) is 4.60. The molecule has 12 rings (SSSR count). The van der Waals surface area contributed by atoms with Gasteiger partial charge in [-0.25, -0.2) is 9.97 Å². The van der Waals surface area contributed by atoms with E-state index in [9.17, 15) is 0 Å². The second-order valence-electron chi connectivity index (χ2n) is 14.5. The van der Waals surface area contributed by atoms with Crippen LogP contribution in [0.15, 0.2) is 192 Å². The summed E-state index contributed by atoms with van der Waals surface area (Å²) in [6, 6.07) is 66.7. The monoisotopic (exact) mass is 713 g/mol. The number of nitrogens with zero attached hydrogens (tertiary/aromatic N) is 3. The van der Waals surface area contributed by atoms with Crippen molar-refractivity contribution in [2.75, 3.05) is 0 Å². The number of para-hydroxylation sites is 3. The summed E-state index contributed by atoms with van der Waals surface area (Å²) in [6.07, 6.45) is 0. The Labute approximate surface area is 321 Å². The fourth-order valence-corrected chi connectivity index (χ4v) is 8.85. The summed E-state index contributed by atoms with van der Waals surface area (Å²) in [5, 5.41) is 10.3. The number of benzene rings is 9. The lowest BCUT2D eigenvalue weighted by Crippen LogP contribution is -1.96. The first kappa shape index (κ1) is 30.9. The smallest absolute Gasteiger partial charge is 0.161 e. The van der Waals surface area contributed by atoms with Crippen LogP contribution in [0.4, 0.5) is 0 Å². The predicted molar refractivity (Wildman–Crippen MR) is 232 cm³/mol. The van der Waals surface area contributed by atoms with Gasteiger partial charge in [0.2, 0.25) is 0 Å². The molecule has 0 fully saturated rings. The maximum atomic E-state index is 6.54. The molecule has 0 spiro atoms. The highest BCUT2D eigenvalue weighted by atomic mass is 16.3. The summed E-state index contributed by atoms with van der Waals surface area (Å²) in [5.41, 5.74) is 11.3. The van der Waals surface area contributed by atoms with Crippen LogP contribution in [-0.2, 0) is 0 Å². The van der Waals surface area contributed by atoms with Gasteiger partial charge in [0, 0.05) is 43.7 Å². The van der Waals surface area contributed by atoms with Gasteiger partial charge in [0.05, 0.1) is 22.2 Å². The van der Waals surface area contributed by atoms with E-state index in [1.54, 1.807) is 0 Å². The van der Waals surface area contributed by atoms with Crippen molar-refractivity contribution in [3.05, 3.63) is 188 Å². The molecule has 56 heavy (non-hydrogen) atoms. The molecule has 0 unspecified atom stereocenters. The molecule has 0 aliphatic heterocycles. The minimum absolute atomic E-state index is 0.671. The fraction of sp³-hybridized carbons (Fsp3) is 0. The van der Waals surface area contributed by atoms with Gasteiger partial charge in [0.25, 0.3) is 0 Å². The molecule has 0 saturated carbocycles. The maximum Gasteiger partial charge on any atom is 0.161 e. The highest BCUT2D eigenvalue weighted by Gasteiger charge is 2.20. The molecule has 3 heterocycles. The van der Waals surface area contributed by atoms with E-state index in [2.05, 4.69) is 180 Å². The predicted octanol–water partition coefficient (Wildman–Crippen LogP) is 13.9. The Morgan fingerprint density at radius 3 is 1.95 bits per heavy atom. The van der Waals surface area contributed by atoms with Crippen LogP contribution in [0.2, 0.25) is 0 Å². The summed E-state index contributed by atoms with van der Waals surface area (Å²) in [5.74, 6) is 0.671. The zero-order chi connectivity index (χ0) is 36.7. The molecular formula is C52H31N3O. The van der Waals surface area contributed by atoms with Gasteiger partial charge < -0.3 is 8.98 Å². The first-order valence-electron chi connectivity index (χ1n) is 19.0. The van der Waals surface area contributed by atoms with E-state index in [0.29, 0.717) is 5.82 Å². The number of hydrogen-bond donors (Lipinski definition) is 0. The Hall–Kier alpha value is -7.56. The Bertz CT molecular complexity index is 3540. The average Bonchev–Trinajstić information content (AvgIpc) is 3.81. The van der Waals surface area contributed by atoms with Crippen molar-refractivity contribution in [2.24, 2.45) is 0 Å². The molecule has 4 heteroatoms. The van der Waals surface area contributed by atoms with Gasteiger partial charge in [0.15, 0.2) is 5.82 Å². The second-order valence-corrected chi connectivity index (χ2v) is 14.5. The van der Waals surface area contributed by atoms with E-state index in [0.717, 1.165) is 66.5 Å². The second kappa shape index (κ2) is 12.0. The largest absolute Gasteiger partial charge is 0.456 e. The van der Waals surface area contributed by atoms with Gasteiger partial charge in [-0.1, -0.05) is 127 Å². The summed E-state index contributed by atoms with van der Waals surface area (Å²) >= 11 is 0. The van der Waals surface area contributed by atoms with E-state index in [1.165, 1.54) is 43.4 Å². The van der Waals surface area contributed by atoms with Crippen molar-refractivity contribution in [3.8, 4) is 39.5 Å². The van der Waals surface area contributed by atoms with Gasteiger partial charge in [-0.3, -0.25) is 0 Å². The lowest BCUT2D eigenvalue weighted by atomic mass is 9.94. The van der Waals surface area contributed by atoms with Crippen LogP contribution in [0.25, 0.3) is 116 Å². The molecule has 260 valence electrons. The number of fused-ring (bicyclic) bond motifs is 10. The third-order valence-corrected chi connectivity index (χ3v) is 11.4. The van der Waals surface area contributed by atoms with Gasteiger partial charge in [-0.2, -0.15) is 0 Å². The quantitative estimate of drug-likeness (QED) is 0.171. The average molecular weight is 714 g/mol. The van der Waals surface area contributed by atoms with Crippen LogP contribution in [-0.4, -0.2) is 14.5 Å². The zero-order valence-corrected chi connectivity index (χ0v) is 30.1. The van der Waals surface area contributed by atoms with Crippen molar-refractivity contribution in [1.82, 2.24) is 14.5 Å². The molecule has 0 radical (unpaired) electrons. The maximum absolute atomic E-state index is 6.54. The molecule has 0 saturated heterocycles. The molecule has 0 aliphatic carbocycles. The molecule has 0 atom stereocenters. The molecule has 0 aliphatic rings. The molecule has 0 amide bonds. The fourth-order valence-electron chi connectivity index (χ4n) is 8.85. The lowest BCUT2D eigenvalue weighted by molar-refractivity contribution is 0.669. The number of rotatable bonds is 4. The van der Waals surface area contributed by atoms with Crippen LogP contribution >= 0.6 is 0 Å². The van der Waals surface area contributed by atoms with Crippen LogP contribution in [0, 0.1) is 0 Å². The van der Waals surface area contributed by atoms with Crippen molar-refractivity contribution >= 4 is 76.2 Å². The summed E-state index contributed by atoms with van der Waals surface area (Å²) in [6.45, 7) is 0. The Kier molecular flexibility index (Phi) is 6.60. The number of hydrogen-bond acceptors (Lipinski definition) is 3. The van der Waals surface area contributed by atoms with Crippen molar-refractivity contribution in [3.63, 3.8) is 0 Å². The minimum atomic E-state index is 0.671. The Morgan fingerprint density at radius 2 is 1.07 bits per heavy atom. The van der Waals surface area contributed by atoms with Crippen LogP contribution in [0.1, 0.15) is 0 Å². The molecule has 3 aromatic heterocycles. The molecule has 4 nitrogen and oxygen atoms in total. The SMILES string of the molecule is c1ccc(-n2c3ccccc3c3cc(-c4ccc5oc6cccc(-c7nc(-c8cc9ccccc9c9ccccc89)c8ccccc8n7)c6c5c4)ccc32)cc1. The standard InChI is InChI=1S/C52H31N3O/c1-2-14-35(15-3-1)55-46-23-11-9-19-39(46)42-29-32(25-27-47(42)55)33-26-28-48-44(30-33)50-41(21-12-24-49(50)56-48)52-53-45-22-10-8-20-40(45)51(54-52)43-31-34-13-4-5-16-36(34)37-17-6-7-18-38(37)43/h1-31H. The van der Waals surface area contributed by atoms with Crippen molar-refractivity contribution in [1.29, 1.82) is 0 Å². The van der Waals surface area contributed by atoms with E-state index in [4.69, 9.17) is 14.4 Å². The topological polar surface area (TPSA) is 43.9 Å². The van der Waals surface area contributed by atoms with Crippen LogP contribution in [0.3, 0.4) is 0 Å². The summed E-state index contributed by atoms with van der Waals surface area (Å²) in [4.78, 5) is 10.7. The first-order chi connectivity index (χ1) is 27.8. The van der Waals surface area contributed by atoms with Gasteiger partial charge in [0.1, 0.15) is 11.2 Å². The molecule has 12 aromatic rings. The first-order valence-corrected chi connectivity index (χ1v) is 19.0. The summed E-state index contributed by atoms with van der Waals surface area (Å²) in [7, 11) is 0. The molecular weight excluding hydrogens is 683 g/mol. The van der Waals surface area contributed by atoms with E-state index in [-0.39, 0.29) is 0 Å². The third-order valence-electron chi connectivity index (χ3n) is 11.4. The van der Waals surface area contributed by atoms with Crippen molar-refractivity contribution in [2.45, 2.75) is 0 Å².